The normalized spacial score (nSPS) is 18.5. The molecule has 2 aromatic rings. The molecule has 1 aliphatic carbocycles. The average molecular weight is 477 g/mol. The Bertz CT molecular complexity index is 1130. The maximum absolute atomic E-state index is 14.7. The molecule has 6 nitrogen and oxygen atoms in total. The van der Waals surface area contributed by atoms with Crippen LogP contribution in [0.1, 0.15) is 59.2 Å². The zero-order valence-electron chi connectivity index (χ0n) is 20.4. The summed E-state index contributed by atoms with van der Waals surface area (Å²) in [6.45, 7) is 5.03. The summed E-state index contributed by atoms with van der Waals surface area (Å²) in [7, 11) is 0. The van der Waals surface area contributed by atoms with E-state index in [1.54, 1.807) is 17.0 Å². The van der Waals surface area contributed by atoms with Crippen LogP contribution >= 0.6 is 0 Å². The SMILES string of the molecule is Cc1ccc2c(c1)C=NCN2Cc1ccc(F)c(C(=O)N2CCN(C(=O)C3CCCCC3)CC2)c1. The number of hydrogen-bond donors (Lipinski definition) is 0. The number of anilines is 1. The van der Waals surface area contributed by atoms with Crippen molar-refractivity contribution in [3.8, 4) is 0 Å². The summed E-state index contributed by atoms with van der Waals surface area (Å²) in [5, 5.41) is 0. The van der Waals surface area contributed by atoms with Crippen LogP contribution in [0.4, 0.5) is 10.1 Å². The summed E-state index contributed by atoms with van der Waals surface area (Å²) in [5.41, 5.74) is 4.29. The van der Waals surface area contributed by atoms with Crippen LogP contribution in [0.3, 0.4) is 0 Å². The quantitative estimate of drug-likeness (QED) is 0.658. The van der Waals surface area contributed by atoms with Gasteiger partial charge in [0, 0.05) is 56.1 Å². The molecule has 0 atom stereocenters. The molecule has 0 spiro atoms. The van der Waals surface area contributed by atoms with Crippen LogP contribution in [0.5, 0.6) is 0 Å². The molecule has 0 radical (unpaired) electrons. The Morgan fingerprint density at radius 1 is 0.971 bits per heavy atom. The molecule has 2 aromatic carbocycles. The van der Waals surface area contributed by atoms with E-state index < -0.39 is 5.82 Å². The molecule has 5 rings (SSSR count). The van der Waals surface area contributed by atoms with Crippen LogP contribution in [0, 0.1) is 18.7 Å². The van der Waals surface area contributed by atoms with Gasteiger partial charge >= 0.3 is 0 Å². The van der Waals surface area contributed by atoms with Gasteiger partial charge in [-0.2, -0.15) is 0 Å². The van der Waals surface area contributed by atoms with Crippen molar-refractivity contribution in [3.05, 3.63) is 64.5 Å². The van der Waals surface area contributed by atoms with E-state index in [4.69, 9.17) is 0 Å². The van der Waals surface area contributed by atoms with Crippen LogP contribution in [-0.4, -0.2) is 60.7 Å². The molecule has 2 fully saturated rings. The molecule has 3 aliphatic rings. The highest BCUT2D eigenvalue weighted by molar-refractivity contribution is 5.95. The number of nitrogens with zero attached hydrogens (tertiary/aromatic N) is 4. The van der Waals surface area contributed by atoms with Crippen molar-refractivity contribution in [1.29, 1.82) is 0 Å². The summed E-state index contributed by atoms with van der Waals surface area (Å²) in [5.74, 6) is -0.452. The molecular weight excluding hydrogens is 443 g/mol. The second-order valence-electron chi connectivity index (χ2n) is 9.98. The van der Waals surface area contributed by atoms with E-state index in [0.29, 0.717) is 39.4 Å². The first-order valence-corrected chi connectivity index (χ1v) is 12.7. The molecule has 1 saturated heterocycles. The number of fused-ring (bicyclic) bond motifs is 1. The third-order valence-corrected chi connectivity index (χ3v) is 7.47. The monoisotopic (exact) mass is 476 g/mol. The number of hydrogen-bond acceptors (Lipinski definition) is 4. The lowest BCUT2D eigenvalue weighted by Gasteiger charge is -2.37. The molecule has 0 aromatic heterocycles. The second kappa shape index (κ2) is 10.2. The van der Waals surface area contributed by atoms with Gasteiger partial charge in [0.1, 0.15) is 12.5 Å². The number of piperazine rings is 1. The smallest absolute Gasteiger partial charge is 0.256 e. The zero-order valence-corrected chi connectivity index (χ0v) is 20.4. The van der Waals surface area contributed by atoms with Crippen molar-refractivity contribution < 1.29 is 14.0 Å². The minimum Gasteiger partial charge on any atom is -0.347 e. The molecule has 2 aliphatic heterocycles. The first-order valence-electron chi connectivity index (χ1n) is 12.7. The van der Waals surface area contributed by atoms with Crippen molar-refractivity contribution >= 4 is 23.7 Å². The van der Waals surface area contributed by atoms with Crippen LogP contribution in [0.25, 0.3) is 0 Å². The predicted octanol–water partition coefficient (Wildman–Crippen LogP) is 4.40. The van der Waals surface area contributed by atoms with Gasteiger partial charge in [-0.05, 0) is 49.6 Å². The van der Waals surface area contributed by atoms with E-state index >= 15 is 0 Å². The number of benzene rings is 2. The average Bonchev–Trinajstić information content (AvgIpc) is 2.89. The minimum absolute atomic E-state index is 0.0965. The fourth-order valence-corrected chi connectivity index (χ4v) is 5.48. The van der Waals surface area contributed by atoms with Gasteiger partial charge in [0.05, 0.1) is 5.56 Å². The lowest BCUT2D eigenvalue weighted by atomic mass is 9.88. The van der Waals surface area contributed by atoms with Crippen LogP contribution in [-0.2, 0) is 11.3 Å². The van der Waals surface area contributed by atoms with E-state index in [1.165, 1.54) is 18.1 Å². The number of aryl methyl sites for hydroxylation is 1. The van der Waals surface area contributed by atoms with Gasteiger partial charge in [0.15, 0.2) is 0 Å². The summed E-state index contributed by atoms with van der Waals surface area (Å²) in [6.07, 6.45) is 7.30. The Kier molecular flexibility index (Phi) is 6.84. The second-order valence-corrected chi connectivity index (χ2v) is 9.98. The Labute approximate surface area is 206 Å². The van der Waals surface area contributed by atoms with Crippen molar-refractivity contribution in [2.24, 2.45) is 10.9 Å². The molecule has 184 valence electrons. The van der Waals surface area contributed by atoms with Gasteiger partial charge in [0.25, 0.3) is 5.91 Å². The summed E-state index contributed by atoms with van der Waals surface area (Å²) in [4.78, 5) is 36.2. The van der Waals surface area contributed by atoms with Gasteiger partial charge in [-0.1, -0.05) is 37.0 Å². The molecular formula is C28H33FN4O2. The van der Waals surface area contributed by atoms with Crippen LogP contribution < -0.4 is 4.90 Å². The van der Waals surface area contributed by atoms with Crippen molar-refractivity contribution in [2.75, 3.05) is 37.7 Å². The Balaban J connectivity index is 1.24. The van der Waals surface area contributed by atoms with Gasteiger partial charge < -0.3 is 14.7 Å². The number of carbonyl (C=O) groups excluding carboxylic acids is 2. The van der Waals surface area contributed by atoms with Crippen molar-refractivity contribution in [2.45, 2.75) is 45.6 Å². The highest BCUT2D eigenvalue weighted by Crippen LogP contribution is 2.27. The Hall–Kier alpha value is -3.22. The van der Waals surface area contributed by atoms with E-state index in [0.717, 1.165) is 42.5 Å². The fourth-order valence-electron chi connectivity index (χ4n) is 5.48. The highest BCUT2D eigenvalue weighted by Gasteiger charge is 2.30. The topological polar surface area (TPSA) is 56.2 Å². The van der Waals surface area contributed by atoms with Gasteiger partial charge in [-0.25, -0.2) is 4.39 Å². The maximum atomic E-state index is 14.7. The van der Waals surface area contributed by atoms with Gasteiger partial charge in [0.2, 0.25) is 5.91 Å². The molecule has 7 heteroatoms. The molecule has 2 amide bonds. The first-order chi connectivity index (χ1) is 17.0. The van der Waals surface area contributed by atoms with Crippen molar-refractivity contribution in [1.82, 2.24) is 9.80 Å². The third-order valence-electron chi connectivity index (χ3n) is 7.47. The minimum atomic E-state index is -0.507. The number of halogens is 1. The molecule has 1 saturated carbocycles. The standard InChI is InChI=1S/C28H33FN4O2/c1-20-7-10-26-23(15-20)17-30-19-33(26)18-21-8-9-25(29)24(16-21)28(35)32-13-11-31(12-14-32)27(34)22-5-3-2-4-6-22/h7-10,15-17,22H,2-6,11-14,18-19H2,1H3. The fraction of sp³-hybridized carbons (Fsp3) is 0.464. The third kappa shape index (κ3) is 5.09. The van der Waals surface area contributed by atoms with E-state index in [9.17, 15) is 14.0 Å². The summed E-state index contributed by atoms with van der Waals surface area (Å²) in [6, 6.07) is 11.0. The summed E-state index contributed by atoms with van der Waals surface area (Å²) >= 11 is 0. The molecule has 2 heterocycles. The molecule has 0 N–H and O–H groups in total. The highest BCUT2D eigenvalue weighted by atomic mass is 19.1. The summed E-state index contributed by atoms with van der Waals surface area (Å²) < 4.78 is 14.7. The van der Waals surface area contributed by atoms with Gasteiger partial charge in [-0.3, -0.25) is 14.6 Å². The van der Waals surface area contributed by atoms with Gasteiger partial charge in [-0.15, -0.1) is 0 Å². The maximum Gasteiger partial charge on any atom is 0.256 e. The van der Waals surface area contributed by atoms with Crippen LogP contribution in [0.15, 0.2) is 41.4 Å². The molecule has 35 heavy (non-hydrogen) atoms. The number of amides is 2. The Morgan fingerprint density at radius 3 is 2.49 bits per heavy atom. The lowest BCUT2D eigenvalue weighted by Crippen LogP contribution is -2.52. The molecule has 0 unspecified atom stereocenters. The Morgan fingerprint density at radius 2 is 1.71 bits per heavy atom. The zero-order chi connectivity index (χ0) is 24.4. The lowest BCUT2D eigenvalue weighted by molar-refractivity contribution is -0.138. The van der Waals surface area contributed by atoms with Crippen molar-refractivity contribution in [3.63, 3.8) is 0 Å². The van der Waals surface area contributed by atoms with Crippen LogP contribution in [0.2, 0.25) is 0 Å². The predicted molar refractivity (Wildman–Crippen MR) is 135 cm³/mol. The van der Waals surface area contributed by atoms with E-state index in [2.05, 4.69) is 35.0 Å². The number of aliphatic imine (C=N–C) groups is 1. The molecule has 0 bridgehead atoms. The first kappa shape index (κ1) is 23.5. The number of rotatable bonds is 4. The number of carbonyl (C=O) groups is 2. The largest absolute Gasteiger partial charge is 0.347 e. The van der Waals surface area contributed by atoms with E-state index in [-0.39, 0.29) is 23.3 Å². The van der Waals surface area contributed by atoms with E-state index in [1.807, 2.05) is 11.1 Å².